The van der Waals surface area contributed by atoms with Gasteiger partial charge in [-0.2, -0.15) is 4.68 Å². The van der Waals surface area contributed by atoms with Crippen LogP contribution in [0.1, 0.15) is 5.69 Å². The molecule has 0 aliphatic rings. The Balaban J connectivity index is 2.14. The molecule has 0 spiro atoms. The van der Waals surface area contributed by atoms with E-state index in [2.05, 4.69) is 10.4 Å². The first-order valence-electron chi connectivity index (χ1n) is 6.23. The van der Waals surface area contributed by atoms with E-state index in [-0.39, 0.29) is 12.4 Å². The number of hydrogen-bond donors (Lipinski definition) is 1. The van der Waals surface area contributed by atoms with Gasteiger partial charge in [0.05, 0.1) is 29.7 Å². The van der Waals surface area contributed by atoms with E-state index >= 15 is 0 Å². The molecule has 0 fully saturated rings. The average molecular weight is 325 g/mol. The van der Waals surface area contributed by atoms with Crippen LogP contribution in [-0.2, 0) is 11.3 Å². The molecule has 0 bridgehead atoms. The lowest BCUT2D eigenvalue weighted by atomic mass is 10.3. The number of carbonyl (C=O) groups is 1. The van der Waals surface area contributed by atoms with E-state index in [9.17, 15) is 14.9 Å². The normalized spacial score (nSPS) is 10.3. The number of halogens is 1. The quantitative estimate of drug-likeness (QED) is 0.672. The molecule has 0 saturated carbocycles. The Hall–Kier alpha value is -2.61. The number of nitrogens with zero attached hydrogens (tertiary/aromatic N) is 3. The molecule has 2 aromatic rings. The number of nitro groups is 1. The van der Waals surface area contributed by atoms with Gasteiger partial charge in [-0.15, -0.1) is 0 Å². The number of aryl methyl sites for hydroxylation is 1. The summed E-state index contributed by atoms with van der Waals surface area (Å²) in [6.07, 6.45) is 0. The Labute approximate surface area is 130 Å². The van der Waals surface area contributed by atoms with Crippen LogP contribution in [0.3, 0.4) is 0 Å². The van der Waals surface area contributed by atoms with Gasteiger partial charge in [-0.3, -0.25) is 4.79 Å². The summed E-state index contributed by atoms with van der Waals surface area (Å²) in [5.74, 6) is -0.242. The minimum atomic E-state index is -0.610. The molecule has 1 heterocycles. The van der Waals surface area contributed by atoms with Gasteiger partial charge < -0.3 is 20.2 Å². The van der Waals surface area contributed by atoms with E-state index in [0.717, 1.165) is 0 Å². The molecular formula is C13H13ClN4O4. The number of methoxy groups -OCH3 is 1. The fraction of sp³-hybridized carbons (Fsp3) is 0.231. The molecule has 8 nitrogen and oxygen atoms in total. The highest BCUT2D eigenvalue weighted by molar-refractivity contribution is 6.31. The molecule has 1 aromatic carbocycles. The summed E-state index contributed by atoms with van der Waals surface area (Å²) in [6.45, 7) is 1.47. The highest BCUT2D eigenvalue weighted by Gasteiger charge is 2.18. The number of carbonyl (C=O) groups excluding carboxylic acids is 1. The Morgan fingerprint density at radius 1 is 1.50 bits per heavy atom. The van der Waals surface area contributed by atoms with Gasteiger partial charge in [-0.1, -0.05) is 11.6 Å². The van der Waals surface area contributed by atoms with Crippen LogP contribution in [0.2, 0.25) is 5.02 Å². The lowest BCUT2D eigenvalue weighted by molar-refractivity contribution is -0.389. The number of nitrogens with one attached hydrogen (secondary N) is 1. The van der Waals surface area contributed by atoms with Crippen molar-refractivity contribution in [2.24, 2.45) is 0 Å². The maximum atomic E-state index is 12.1. The molecule has 22 heavy (non-hydrogen) atoms. The smallest absolute Gasteiger partial charge is 0.390 e. The molecule has 0 radical (unpaired) electrons. The Bertz CT molecular complexity index is 729. The second-order valence-electron chi connectivity index (χ2n) is 4.45. The Morgan fingerprint density at radius 2 is 2.23 bits per heavy atom. The molecule has 0 aliphatic carbocycles. The van der Waals surface area contributed by atoms with Crippen molar-refractivity contribution in [2.75, 3.05) is 12.4 Å². The summed E-state index contributed by atoms with van der Waals surface area (Å²) in [6, 6.07) is 6.11. The summed E-state index contributed by atoms with van der Waals surface area (Å²) < 4.78 is 6.38. The first kappa shape index (κ1) is 15.8. The van der Waals surface area contributed by atoms with E-state index in [0.29, 0.717) is 22.2 Å². The molecular weight excluding hydrogens is 312 g/mol. The highest BCUT2D eigenvalue weighted by Crippen LogP contribution is 2.27. The van der Waals surface area contributed by atoms with Crippen LogP contribution < -0.4 is 10.1 Å². The standard InChI is InChI=1S/C13H13ClN4O4/c1-8-5-12(18(20)21)16-17(8)7-13(19)15-10-6-9(14)3-4-11(10)22-2/h3-6H,7H2,1-2H3,(H,15,19). The molecule has 0 unspecified atom stereocenters. The first-order valence-corrected chi connectivity index (χ1v) is 6.60. The summed E-state index contributed by atoms with van der Waals surface area (Å²) >= 11 is 5.88. The molecule has 0 atom stereocenters. The molecule has 1 N–H and O–H groups in total. The monoisotopic (exact) mass is 324 g/mol. The van der Waals surface area contributed by atoms with Crippen molar-refractivity contribution in [3.8, 4) is 5.75 Å². The number of benzene rings is 1. The lowest BCUT2D eigenvalue weighted by Crippen LogP contribution is -2.20. The van der Waals surface area contributed by atoms with Crippen LogP contribution >= 0.6 is 11.6 Å². The van der Waals surface area contributed by atoms with Crippen molar-refractivity contribution in [2.45, 2.75) is 13.5 Å². The number of aromatic nitrogens is 2. The molecule has 1 amide bonds. The third-order valence-electron chi connectivity index (χ3n) is 2.88. The van der Waals surface area contributed by atoms with E-state index in [1.54, 1.807) is 25.1 Å². The van der Waals surface area contributed by atoms with Crippen LogP contribution in [0.15, 0.2) is 24.3 Å². The van der Waals surface area contributed by atoms with Gasteiger partial charge >= 0.3 is 5.82 Å². The fourth-order valence-corrected chi connectivity index (χ4v) is 2.02. The number of anilines is 1. The van der Waals surface area contributed by atoms with Gasteiger partial charge in [-0.05, 0) is 30.0 Å². The summed E-state index contributed by atoms with van der Waals surface area (Å²) in [5, 5.41) is 17.5. The number of amides is 1. The van der Waals surface area contributed by atoms with Crippen LogP contribution in [0.5, 0.6) is 5.75 Å². The SMILES string of the molecule is COc1ccc(Cl)cc1NC(=O)Cn1nc([N+](=O)[O-])cc1C. The first-order chi connectivity index (χ1) is 10.4. The zero-order valence-corrected chi connectivity index (χ0v) is 12.6. The minimum absolute atomic E-state index is 0.157. The molecule has 0 saturated heterocycles. The van der Waals surface area contributed by atoms with Crippen LogP contribution in [0, 0.1) is 17.0 Å². The molecule has 0 aliphatic heterocycles. The van der Waals surface area contributed by atoms with Gasteiger partial charge in [0.1, 0.15) is 12.3 Å². The molecule has 2 rings (SSSR count). The maximum absolute atomic E-state index is 12.1. The molecule has 1 aromatic heterocycles. The van der Waals surface area contributed by atoms with Gasteiger partial charge in [0.25, 0.3) is 0 Å². The highest BCUT2D eigenvalue weighted by atomic mass is 35.5. The Morgan fingerprint density at radius 3 is 2.82 bits per heavy atom. The number of rotatable bonds is 5. The fourth-order valence-electron chi connectivity index (χ4n) is 1.85. The van der Waals surface area contributed by atoms with E-state index < -0.39 is 10.8 Å². The van der Waals surface area contributed by atoms with Gasteiger partial charge in [0.2, 0.25) is 5.91 Å². The number of ether oxygens (including phenoxy) is 1. The number of hydrogen-bond acceptors (Lipinski definition) is 5. The van der Waals surface area contributed by atoms with Crippen molar-refractivity contribution in [1.82, 2.24) is 9.78 Å². The lowest BCUT2D eigenvalue weighted by Gasteiger charge is -2.10. The van der Waals surface area contributed by atoms with Crippen molar-refractivity contribution in [1.29, 1.82) is 0 Å². The molecule has 9 heteroatoms. The van der Waals surface area contributed by atoms with Crippen LogP contribution in [0.25, 0.3) is 0 Å². The summed E-state index contributed by atoms with van der Waals surface area (Å²) in [7, 11) is 1.47. The summed E-state index contributed by atoms with van der Waals surface area (Å²) in [4.78, 5) is 22.1. The third-order valence-corrected chi connectivity index (χ3v) is 3.12. The van der Waals surface area contributed by atoms with Gasteiger partial charge in [0.15, 0.2) is 0 Å². The van der Waals surface area contributed by atoms with Crippen LogP contribution in [0.4, 0.5) is 11.5 Å². The topological polar surface area (TPSA) is 99.3 Å². The van der Waals surface area contributed by atoms with Crippen molar-refractivity contribution < 1.29 is 14.5 Å². The maximum Gasteiger partial charge on any atom is 0.390 e. The van der Waals surface area contributed by atoms with E-state index in [4.69, 9.17) is 16.3 Å². The van der Waals surface area contributed by atoms with Gasteiger partial charge in [0, 0.05) is 5.02 Å². The zero-order chi connectivity index (χ0) is 16.3. The van der Waals surface area contributed by atoms with E-state index in [1.165, 1.54) is 17.9 Å². The van der Waals surface area contributed by atoms with Crippen LogP contribution in [-0.4, -0.2) is 27.7 Å². The summed E-state index contributed by atoms with van der Waals surface area (Å²) in [5.41, 5.74) is 0.930. The molecule has 116 valence electrons. The van der Waals surface area contributed by atoms with Crippen molar-refractivity contribution in [3.63, 3.8) is 0 Å². The predicted octanol–water partition coefficient (Wildman–Crippen LogP) is 2.40. The second-order valence-corrected chi connectivity index (χ2v) is 4.89. The van der Waals surface area contributed by atoms with Crippen molar-refractivity contribution in [3.05, 3.63) is 45.1 Å². The Kier molecular flexibility index (Phi) is 4.62. The second kappa shape index (κ2) is 6.44. The largest absolute Gasteiger partial charge is 0.495 e. The van der Waals surface area contributed by atoms with Gasteiger partial charge in [-0.25, -0.2) is 0 Å². The average Bonchev–Trinajstić information content (AvgIpc) is 2.80. The predicted molar refractivity (Wildman–Crippen MR) is 80.3 cm³/mol. The van der Waals surface area contributed by atoms with E-state index in [1.807, 2.05) is 0 Å². The minimum Gasteiger partial charge on any atom is -0.495 e. The zero-order valence-electron chi connectivity index (χ0n) is 11.9. The van der Waals surface area contributed by atoms with Crippen molar-refractivity contribution >= 4 is 29.0 Å². The third kappa shape index (κ3) is 3.53.